The minimum absolute atomic E-state index is 0.0156. The number of benzene rings is 4. The van der Waals surface area contributed by atoms with Gasteiger partial charge in [-0.25, -0.2) is 8.42 Å². The molecule has 0 aromatic heterocycles. The average Bonchev–Trinajstić information content (AvgIpc) is 2.93. The van der Waals surface area contributed by atoms with E-state index < -0.39 is 39.8 Å². The Bertz CT molecular complexity index is 1520. The molecular weight excluding hydrogens is 512 g/mol. The molecule has 2 amide bonds. The third kappa shape index (κ3) is 6.34. The van der Waals surface area contributed by atoms with Crippen molar-refractivity contribution >= 4 is 32.6 Å². The maximum atomic E-state index is 13.5. The maximum Gasteiger partial charge on any atom is 0.241 e. The lowest BCUT2D eigenvalue weighted by atomic mass is 9.84. The molecule has 6 N–H and O–H groups in total. The number of aryl methyl sites for hydroxylation is 1. The van der Waals surface area contributed by atoms with Crippen LogP contribution in [-0.4, -0.2) is 38.9 Å². The van der Waals surface area contributed by atoms with Gasteiger partial charge in [-0.3, -0.25) is 9.59 Å². The van der Waals surface area contributed by atoms with E-state index in [0.29, 0.717) is 5.39 Å². The van der Waals surface area contributed by atoms with E-state index in [1.165, 1.54) is 6.07 Å². The average molecular weight is 545 g/mol. The molecule has 202 valence electrons. The van der Waals surface area contributed by atoms with E-state index in [2.05, 4.69) is 10.0 Å². The van der Waals surface area contributed by atoms with Gasteiger partial charge in [0.2, 0.25) is 21.8 Å². The fraction of sp³-hybridized carbons (Fsp3) is 0.200. The van der Waals surface area contributed by atoms with Gasteiger partial charge in [-0.2, -0.15) is 4.72 Å². The topological polar surface area (TPSA) is 144 Å². The fourth-order valence-electron chi connectivity index (χ4n) is 4.79. The highest BCUT2D eigenvalue weighted by atomic mass is 32.2. The number of carbonyl (C=O) groups excluding carboxylic acids is 2. The van der Waals surface area contributed by atoms with Gasteiger partial charge in [-0.1, -0.05) is 91.0 Å². The van der Waals surface area contributed by atoms with Crippen molar-refractivity contribution in [2.24, 2.45) is 11.5 Å². The Morgan fingerprint density at radius 3 is 1.87 bits per heavy atom. The van der Waals surface area contributed by atoms with Crippen molar-refractivity contribution in [1.82, 2.24) is 10.0 Å². The molecule has 2 atom stereocenters. The summed E-state index contributed by atoms with van der Waals surface area (Å²) in [5.74, 6) is -2.04. The smallest absolute Gasteiger partial charge is 0.241 e. The van der Waals surface area contributed by atoms with Gasteiger partial charge in [0.05, 0.1) is 4.90 Å². The summed E-state index contributed by atoms with van der Waals surface area (Å²) in [6, 6.07) is 26.5. The van der Waals surface area contributed by atoms with E-state index in [1.54, 1.807) is 18.2 Å². The lowest BCUT2D eigenvalue weighted by molar-refractivity contribution is -0.128. The van der Waals surface area contributed by atoms with Gasteiger partial charge in [-0.05, 0) is 48.0 Å². The van der Waals surface area contributed by atoms with Crippen LogP contribution in [0.5, 0.6) is 0 Å². The first-order chi connectivity index (χ1) is 18.7. The molecule has 0 saturated carbocycles. The summed E-state index contributed by atoms with van der Waals surface area (Å²) in [4.78, 5) is 26.3. The number of rotatable bonds is 11. The SMILES string of the molecule is Cc1ccc(S(=O)(=O)N[C@@H](CCN)C(=O)N[C@H](C(N)=O)C(c2ccccc2)c2ccccc2)c2ccccc12. The molecule has 0 spiro atoms. The summed E-state index contributed by atoms with van der Waals surface area (Å²) in [7, 11) is -4.13. The molecule has 8 nitrogen and oxygen atoms in total. The molecule has 0 bridgehead atoms. The van der Waals surface area contributed by atoms with Crippen LogP contribution in [0.2, 0.25) is 0 Å². The zero-order valence-electron chi connectivity index (χ0n) is 21.6. The van der Waals surface area contributed by atoms with Gasteiger partial charge in [-0.15, -0.1) is 0 Å². The van der Waals surface area contributed by atoms with Crippen molar-refractivity contribution < 1.29 is 18.0 Å². The molecular formula is C30H32N4O4S. The van der Waals surface area contributed by atoms with E-state index >= 15 is 0 Å². The second-order valence-corrected chi connectivity index (χ2v) is 11.0. The quantitative estimate of drug-likeness (QED) is 0.229. The normalized spacial score (nSPS) is 13.2. The second kappa shape index (κ2) is 12.2. The molecule has 0 heterocycles. The number of amides is 2. The fourth-order valence-corrected chi connectivity index (χ4v) is 6.23. The van der Waals surface area contributed by atoms with E-state index in [4.69, 9.17) is 11.5 Å². The van der Waals surface area contributed by atoms with Crippen LogP contribution in [0.1, 0.15) is 29.0 Å². The Hall–Kier alpha value is -4.05. The van der Waals surface area contributed by atoms with Gasteiger partial charge < -0.3 is 16.8 Å². The maximum absolute atomic E-state index is 13.5. The van der Waals surface area contributed by atoms with Crippen LogP contribution in [0.4, 0.5) is 0 Å². The monoisotopic (exact) mass is 544 g/mol. The zero-order chi connectivity index (χ0) is 28.0. The van der Waals surface area contributed by atoms with Crippen molar-refractivity contribution in [3.8, 4) is 0 Å². The molecule has 4 rings (SSSR count). The molecule has 4 aromatic carbocycles. The number of carbonyl (C=O) groups is 2. The molecule has 0 aliphatic rings. The standard InChI is InChI=1S/C30H32N4O4S/c1-20-16-17-26(24-15-9-8-14-23(20)24)39(37,38)34-25(18-19-31)30(36)33-28(29(32)35)27(21-10-4-2-5-11-21)22-12-6-3-7-13-22/h2-17,25,27-28,34H,18-19,31H2,1H3,(H2,32,35)(H,33,36)/t25-,28-/m0/s1. The van der Waals surface area contributed by atoms with Crippen LogP contribution < -0.4 is 21.5 Å². The first-order valence-corrected chi connectivity index (χ1v) is 14.1. The van der Waals surface area contributed by atoms with Crippen LogP contribution in [0.15, 0.2) is 102 Å². The molecule has 0 aliphatic heterocycles. The Morgan fingerprint density at radius 2 is 1.33 bits per heavy atom. The summed E-state index contributed by atoms with van der Waals surface area (Å²) < 4.78 is 29.6. The minimum atomic E-state index is -4.13. The first kappa shape index (κ1) is 28.0. The summed E-state index contributed by atoms with van der Waals surface area (Å²) >= 11 is 0. The molecule has 39 heavy (non-hydrogen) atoms. The third-order valence-corrected chi connectivity index (χ3v) is 8.25. The molecule has 4 aromatic rings. The Labute approximate surface area is 228 Å². The Kier molecular flexibility index (Phi) is 8.75. The highest BCUT2D eigenvalue weighted by Crippen LogP contribution is 2.29. The van der Waals surface area contributed by atoms with E-state index in [9.17, 15) is 18.0 Å². The Balaban J connectivity index is 1.66. The van der Waals surface area contributed by atoms with Crippen LogP contribution in [0.25, 0.3) is 10.8 Å². The van der Waals surface area contributed by atoms with Gasteiger partial charge in [0.15, 0.2) is 0 Å². The van der Waals surface area contributed by atoms with E-state index in [1.807, 2.05) is 79.7 Å². The number of nitrogens with one attached hydrogen (secondary N) is 2. The summed E-state index contributed by atoms with van der Waals surface area (Å²) in [5.41, 5.74) is 14.0. The van der Waals surface area contributed by atoms with Crippen molar-refractivity contribution in [2.75, 3.05) is 6.54 Å². The molecule has 9 heteroatoms. The third-order valence-electron chi connectivity index (χ3n) is 6.72. The summed E-state index contributed by atoms with van der Waals surface area (Å²) in [5, 5.41) is 4.06. The van der Waals surface area contributed by atoms with E-state index in [0.717, 1.165) is 22.1 Å². The van der Waals surface area contributed by atoms with Crippen LogP contribution in [0.3, 0.4) is 0 Å². The Morgan fingerprint density at radius 1 is 0.795 bits per heavy atom. The molecule has 0 unspecified atom stereocenters. The molecule has 0 radical (unpaired) electrons. The number of fused-ring (bicyclic) bond motifs is 1. The highest BCUT2D eigenvalue weighted by molar-refractivity contribution is 7.89. The molecule has 0 saturated heterocycles. The van der Waals surface area contributed by atoms with Gasteiger partial charge in [0.25, 0.3) is 0 Å². The van der Waals surface area contributed by atoms with Gasteiger partial charge in [0, 0.05) is 11.3 Å². The summed E-state index contributed by atoms with van der Waals surface area (Å²) in [6.45, 7) is 1.94. The predicted molar refractivity (Wildman–Crippen MR) is 152 cm³/mol. The number of nitrogens with two attached hydrogens (primary N) is 2. The van der Waals surface area contributed by atoms with Crippen molar-refractivity contribution in [2.45, 2.75) is 36.2 Å². The van der Waals surface area contributed by atoms with E-state index in [-0.39, 0.29) is 17.9 Å². The predicted octanol–water partition coefficient (Wildman–Crippen LogP) is 2.95. The lowest BCUT2D eigenvalue weighted by Crippen LogP contribution is -2.55. The number of primary amides is 1. The second-order valence-electron chi connectivity index (χ2n) is 9.37. The molecule has 0 fully saturated rings. The zero-order valence-corrected chi connectivity index (χ0v) is 22.4. The largest absolute Gasteiger partial charge is 0.368 e. The number of hydrogen-bond acceptors (Lipinski definition) is 5. The van der Waals surface area contributed by atoms with Gasteiger partial charge >= 0.3 is 0 Å². The molecule has 0 aliphatic carbocycles. The van der Waals surface area contributed by atoms with Crippen molar-refractivity contribution in [3.05, 3.63) is 114 Å². The first-order valence-electron chi connectivity index (χ1n) is 12.6. The van der Waals surface area contributed by atoms with Crippen molar-refractivity contribution in [1.29, 1.82) is 0 Å². The lowest BCUT2D eigenvalue weighted by Gasteiger charge is -2.28. The van der Waals surface area contributed by atoms with Crippen LogP contribution in [-0.2, 0) is 19.6 Å². The highest BCUT2D eigenvalue weighted by Gasteiger charge is 2.34. The van der Waals surface area contributed by atoms with Crippen LogP contribution in [0, 0.1) is 6.92 Å². The minimum Gasteiger partial charge on any atom is -0.368 e. The van der Waals surface area contributed by atoms with Gasteiger partial charge in [0.1, 0.15) is 12.1 Å². The number of sulfonamides is 1. The number of hydrogen-bond donors (Lipinski definition) is 4. The van der Waals surface area contributed by atoms with Crippen molar-refractivity contribution in [3.63, 3.8) is 0 Å². The summed E-state index contributed by atoms with van der Waals surface area (Å²) in [6.07, 6.45) is 0.0156. The van der Waals surface area contributed by atoms with Crippen LogP contribution >= 0.6 is 0 Å².